The molecule has 98 valence electrons. The number of thiazole rings is 1. The van der Waals surface area contributed by atoms with Crippen LogP contribution in [0.3, 0.4) is 0 Å². The number of nitrogens with zero attached hydrogens (tertiary/aromatic N) is 1. The summed E-state index contributed by atoms with van der Waals surface area (Å²) in [5.41, 5.74) is 4.44. The molecule has 1 amide bonds. The van der Waals surface area contributed by atoms with E-state index in [2.05, 4.69) is 22.1 Å². The molecule has 0 bridgehead atoms. The van der Waals surface area contributed by atoms with Gasteiger partial charge in [0.25, 0.3) is 5.91 Å². The van der Waals surface area contributed by atoms with Gasteiger partial charge in [0.15, 0.2) is 5.13 Å². The van der Waals surface area contributed by atoms with E-state index in [1.807, 2.05) is 6.92 Å². The number of methoxy groups -OCH3 is 1. The minimum absolute atomic E-state index is 0.208. The third-order valence-corrected chi connectivity index (χ3v) is 3.47. The van der Waals surface area contributed by atoms with E-state index < -0.39 is 5.60 Å². The van der Waals surface area contributed by atoms with Gasteiger partial charge in [0, 0.05) is 7.11 Å². The molecule has 0 radical (unpaired) electrons. The van der Waals surface area contributed by atoms with Crippen LogP contribution in [0.2, 0.25) is 0 Å². The molecule has 0 saturated carbocycles. The Hall–Kier alpha value is -1.42. The quantitative estimate of drug-likeness (QED) is 0.804. The van der Waals surface area contributed by atoms with Gasteiger partial charge in [-0.25, -0.2) is 4.98 Å². The second-order valence-corrected chi connectivity index (χ2v) is 4.81. The Balaban J connectivity index is 2.73. The van der Waals surface area contributed by atoms with Gasteiger partial charge in [-0.1, -0.05) is 30.1 Å². The van der Waals surface area contributed by atoms with Crippen LogP contribution in [-0.2, 0) is 9.53 Å². The summed E-state index contributed by atoms with van der Waals surface area (Å²) in [5.74, 6) is 5.39. The van der Waals surface area contributed by atoms with Crippen molar-refractivity contribution in [1.82, 2.24) is 4.98 Å². The summed E-state index contributed by atoms with van der Waals surface area (Å²) in [7, 11) is 1.52. The fourth-order valence-corrected chi connectivity index (χ4v) is 1.84. The number of carbonyl (C=O) groups is 1. The average Bonchev–Trinajstić information content (AvgIpc) is 2.82. The molecule has 1 atom stereocenters. The number of ether oxygens (including phenoxy) is 1. The fourth-order valence-electron chi connectivity index (χ4n) is 1.15. The molecule has 0 saturated heterocycles. The van der Waals surface area contributed by atoms with Crippen LogP contribution in [0.5, 0.6) is 0 Å². The normalized spacial score (nSPS) is 13.3. The Morgan fingerprint density at radius 3 is 3.00 bits per heavy atom. The first-order chi connectivity index (χ1) is 8.55. The van der Waals surface area contributed by atoms with E-state index in [1.54, 1.807) is 13.1 Å². The lowest BCUT2D eigenvalue weighted by molar-refractivity contribution is -0.136. The maximum absolute atomic E-state index is 12.0. The number of carbonyl (C=O) groups excluding carboxylic acids is 1. The topological polar surface area (TPSA) is 77.2 Å². The van der Waals surface area contributed by atoms with Crippen molar-refractivity contribution in [2.45, 2.75) is 25.9 Å². The maximum atomic E-state index is 12.0. The molecular formula is C12H17N3O2S. The molecule has 0 aliphatic rings. The van der Waals surface area contributed by atoms with Crippen LogP contribution in [-0.4, -0.2) is 30.1 Å². The van der Waals surface area contributed by atoms with Crippen molar-refractivity contribution in [3.63, 3.8) is 0 Å². The third kappa shape index (κ3) is 3.53. The number of rotatable bonds is 4. The van der Waals surface area contributed by atoms with Crippen molar-refractivity contribution < 1.29 is 9.53 Å². The van der Waals surface area contributed by atoms with E-state index in [-0.39, 0.29) is 5.91 Å². The number of anilines is 1. The molecule has 3 N–H and O–H groups in total. The highest BCUT2D eigenvalue weighted by Gasteiger charge is 2.31. The predicted octanol–water partition coefficient (Wildman–Crippen LogP) is 1.21. The molecule has 0 aliphatic heterocycles. The molecule has 1 rings (SSSR count). The smallest absolute Gasteiger partial charge is 0.258 e. The zero-order valence-electron chi connectivity index (χ0n) is 10.7. The van der Waals surface area contributed by atoms with Gasteiger partial charge in [-0.15, -0.1) is 0 Å². The summed E-state index contributed by atoms with van der Waals surface area (Å²) in [6.45, 7) is 3.94. The second kappa shape index (κ2) is 6.50. The van der Waals surface area contributed by atoms with Crippen LogP contribution in [0, 0.1) is 11.8 Å². The Morgan fingerprint density at radius 1 is 1.72 bits per heavy atom. The summed E-state index contributed by atoms with van der Waals surface area (Å²) in [4.78, 5) is 16.8. The van der Waals surface area contributed by atoms with Crippen molar-refractivity contribution in [2.75, 3.05) is 19.0 Å². The van der Waals surface area contributed by atoms with Gasteiger partial charge in [-0.3, -0.25) is 10.1 Å². The third-order valence-electron chi connectivity index (χ3n) is 2.65. The van der Waals surface area contributed by atoms with E-state index in [0.29, 0.717) is 18.1 Å². The molecule has 5 nitrogen and oxygen atoms in total. The maximum Gasteiger partial charge on any atom is 0.258 e. The highest BCUT2D eigenvalue weighted by molar-refractivity contribution is 7.16. The average molecular weight is 267 g/mol. The van der Waals surface area contributed by atoms with E-state index in [9.17, 15) is 4.79 Å². The number of amides is 1. The highest BCUT2D eigenvalue weighted by atomic mass is 32.1. The van der Waals surface area contributed by atoms with Gasteiger partial charge in [0.1, 0.15) is 5.60 Å². The number of aromatic nitrogens is 1. The minimum Gasteiger partial charge on any atom is -0.369 e. The van der Waals surface area contributed by atoms with Crippen LogP contribution in [0.1, 0.15) is 25.1 Å². The molecule has 1 aromatic rings. The zero-order valence-corrected chi connectivity index (χ0v) is 11.6. The van der Waals surface area contributed by atoms with Crippen LogP contribution in [0.4, 0.5) is 5.13 Å². The van der Waals surface area contributed by atoms with E-state index in [0.717, 1.165) is 4.88 Å². The van der Waals surface area contributed by atoms with Crippen molar-refractivity contribution >= 4 is 22.4 Å². The minimum atomic E-state index is -0.839. The number of nitrogens with one attached hydrogen (secondary N) is 1. The summed E-state index contributed by atoms with van der Waals surface area (Å²) in [6.07, 6.45) is 2.19. The Labute approximate surface area is 111 Å². The highest BCUT2D eigenvalue weighted by Crippen LogP contribution is 2.21. The molecular weight excluding hydrogens is 250 g/mol. The van der Waals surface area contributed by atoms with Gasteiger partial charge >= 0.3 is 0 Å². The molecule has 1 unspecified atom stereocenters. The molecule has 0 aliphatic carbocycles. The van der Waals surface area contributed by atoms with E-state index in [4.69, 9.17) is 10.5 Å². The van der Waals surface area contributed by atoms with Gasteiger partial charge in [0.05, 0.1) is 17.6 Å². The first-order valence-electron chi connectivity index (χ1n) is 5.57. The van der Waals surface area contributed by atoms with E-state index >= 15 is 0 Å². The Bertz CT molecular complexity index is 469. The standard InChI is InChI=1S/C12H17N3O2S/c1-4-12(2,17-3)10(16)15-11-14-8-9(18-11)6-5-7-13/h8H,4,7,13H2,1-3H3,(H,14,15,16). The molecule has 1 heterocycles. The number of nitrogens with two attached hydrogens (primary N) is 1. The van der Waals surface area contributed by atoms with Crippen molar-refractivity contribution in [1.29, 1.82) is 0 Å². The van der Waals surface area contributed by atoms with Crippen LogP contribution in [0.15, 0.2) is 6.20 Å². The first-order valence-corrected chi connectivity index (χ1v) is 6.38. The Morgan fingerprint density at radius 2 is 2.44 bits per heavy atom. The molecule has 0 fully saturated rings. The SMILES string of the molecule is CCC(C)(OC)C(=O)Nc1ncc(C#CCN)s1. The lowest BCUT2D eigenvalue weighted by atomic mass is 10.0. The number of hydrogen-bond acceptors (Lipinski definition) is 5. The first kappa shape index (κ1) is 14.6. The van der Waals surface area contributed by atoms with Crippen LogP contribution in [0.25, 0.3) is 0 Å². The lowest BCUT2D eigenvalue weighted by Gasteiger charge is -2.24. The summed E-state index contributed by atoms with van der Waals surface area (Å²) in [6, 6.07) is 0. The molecule has 0 aromatic carbocycles. The lowest BCUT2D eigenvalue weighted by Crippen LogP contribution is -2.41. The molecule has 0 spiro atoms. The monoisotopic (exact) mass is 267 g/mol. The number of hydrogen-bond donors (Lipinski definition) is 2. The van der Waals surface area contributed by atoms with Gasteiger partial charge in [-0.2, -0.15) is 0 Å². The second-order valence-electron chi connectivity index (χ2n) is 3.78. The van der Waals surface area contributed by atoms with E-state index in [1.165, 1.54) is 18.4 Å². The van der Waals surface area contributed by atoms with Gasteiger partial charge in [-0.05, 0) is 13.3 Å². The Kier molecular flexibility index (Phi) is 5.28. The summed E-state index contributed by atoms with van der Waals surface area (Å²) >= 11 is 1.31. The van der Waals surface area contributed by atoms with Crippen LogP contribution < -0.4 is 11.1 Å². The fraction of sp³-hybridized carbons (Fsp3) is 0.500. The summed E-state index contributed by atoms with van der Waals surface area (Å²) < 4.78 is 5.21. The molecule has 6 heteroatoms. The van der Waals surface area contributed by atoms with Crippen molar-refractivity contribution in [3.05, 3.63) is 11.1 Å². The summed E-state index contributed by atoms with van der Waals surface area (Å²) in [5, 5.41) is 3.24. The van der Waals surface area contributed by atoms with Crippen molar-refractivity contribution in [3.8, 4) is 11.8 Å². The molecule has 18 heavy (non-hydrogen) atoms. The van der Waals surface area contributed by atoms with Crippen LogP contribution >= 0.6 is 11.3 Å². The predicted molar refractivity (Wildman–Crippen MR) is 72.4 cm³/mol. The molecule has 1 aromatic heterocycles. The van der Waals surface area contributed by atoms with Gasteiger partial charge in [0.2, 0.25) is 0 Å². The zero-order chi connectivity index (χ0) is 13.6. The largest absolute Gasteiger partial charge is 0.369 e. The van der Waals surface area contributed by atoms with Crippen molar-refractivity contribution in [2.24, 2.45) is 5.73 Å². The van der Waals surface area contributed by atoms with Gasteiger partial charge < -0.3 is 10.5 Å².